The van der Waals surface area contributed by atoms with Gasteiger partial charge in [0, 0.05) is 12.8 Å². The van der Waals surface area contributed by atoms with Crippen LogP contribution in [0.15, 0.2) is 24.3 Å². The minimum atomic E-state index is -1.39. The first kappa shape index (κ1) is 33.7. The molecule has 0 saturated carbocycles. The van der Waals surface area contributed by atoms with E-state index in [1.54, 1.807) is 0 Å². The Morgan fingerprint density at radius 3 is 1.95 bits per heavy atom. The third kappa shape index (κ3) is 13.3. The van der Waals surface area contributed by atoms with Crippen LogP contribution in [0.4, 0.5) is 0 Å². The topological polar surface area (TPSA) is 234 Å². The van der Waals surface area contributed by atoms with Crippen molar-refractivity contribution in [3.63, 3.8) is 0 Å². The number of phenolic OH excluding ortho intramolecular Hbond substituents is 1. The number of nitrogens with one attached hydrogen (secondary N) is 3. The van der Waals surface area contributed by atoms with Crippen molar-refractivity contribution in [1.29, 1.82) is 0 Å². The van der Waals surface area contributed by atoms with Crippen LogP contribution in [0.1, 0.15) is 44.1 Å². The largest absolute Gasteiger partial charge is 0.508 e. The molecule has 1 aromatic rings. The molecule has 0 spiro atoms. The van der Waals surface area contributed by atoms with E-state index in [2.05, 4.69) is 16.0 Å². The number of hydrogen-bond acceptors (Lipinski definition) is 9. The van der Waals surface area contributed by atoms with Gasteiger partial charge >= 0.3 is 11.9 Å². The molecule has 0 aliphatic carbocycles. The van der Waals surface area contributed by atoms with Gasteiger partial charge in [-0.3, -0.25) is 19.2 Å². The molecule has 4 atom stereocenters. The number of amides is 3. The lowest BCUT2D eigenvalue weighted by molar-refractivity contribution is -0.143. The van der Waals surface area contributed by atoms with Gasteiger partial charge in [-0.1, -0.05) is 12.1 Å². The van der Waals surface area contributed by atoms with E-state index in [1.165, 1.54) is 36.0 Å². The molecule has 4 unspecified atom stereocenters. The maximum absolute atomic E-state index is 13.1. The van der Waals surface area contributed by atoms with E-state index >= 15 is 0 Å². The van der Waals surface area contributed by atoms with Crippen molar-refractivity contribution in [1.82, 2.24) is 16.0 Å². The number of rotatable bonds is 19. The smallest absolute Gasteiger partial charge is 0.326 e. The minimum absolute atomic E-state index is 0.00979. The van der Waals surface area contributed by atoms with Gasteiger partial charge in [-0.2, -0.15) is 11.8 Å². The summed E-state index contributed by atoms with van der Waals surface area (Å²) in [5, 5.41) is 35.6. The van der Waals surface area contributed by atoms with E-state index < -0.39 is 60.2 Å². The molecule has 0 radical (unpaired) electrons. The van der Waals surface area contributed by atoms with E-state index in [1.807, 2.05) is 6.26 Å². The van der Waals surface area contributed by atoms with Gasteiger partial charge in [0.1, 0.15) is 23.9 Å². The Morgan fingerprint density at radius 1 is 0.846 bits per heavy atom. The fourth-order valence-electron chi connectivity index (χ4n) is 3.57. The van der Waals surface area contributed by atoms with Gasteiger partial charge in [0.05, 0.1) is 6.04 Å². The second-order valence-corrected chi connectivity index (χ2v) is 9.98. The molecule has 0 fully saturated rings. The van der Waals surface area contributed by atoms with Gasteiger partial charge in [-0.15, -0.1) is 0 Å². The zero-order valence-corrected chi connectivity index (χ0v) is 22.7. The van der Waals surface area contributed by atoms with Gasteiger partial charge in [0.15, 0.2) is 0 Å². The van der Waals surface area contributed by atoms with Crippen molar-refractivity contribution < 1.29 is 39.3 Å². The normalized spacial score (nSPS) is 13.9. The molecule has 0 saturated heterocycles. The quantitative estimate of drug-likeness (QED) is 0.0993. The summed E-state index contributed by atoms with van der Waals surface area (Å²) in [6, 6.07) is 1.08. The van der Waals surface area contributed by atoms with Crippen molar-refractivity contribution in [2.24, 2.45) is 11.5 Å². The molecule has 14 heteroatoms. The Kier molecular flexibility index (Phi) is 15.6. The van der Waals surface area contributed by atoms with Crippen molar-refractivity contribution in [3.05, 3.63) is 29.8 Å². The third-order valence-corrected chi connectivity index (χ3v) is 6.46. The Labute approximate surface area is 231 Å². The lowest BCUT2D eigenvalue weighted by atomic mass is 10.0. The molecule has 1 rings (SSSR count). The summed E-state index contributed by atoms with van der Waals surface area (Å²) in [6.07, 6.45) is 2.64. The average molecular weight is 570 g/mol. The summed E-state index contributed by atoms with van der Waals surface area (Å²) in [4.78, 5) is 61.7. The van der Waals surface area contributed by atoms with Crippen molar-refractivity contribution in [2.45, 2.75) is 69.1 Å². The second-order valence-electron chi connectivity index (χ2n) is 9.00. The number of unbranched alkanes of at least 4 members (excludes halogenated alkanes) is 1. The highest BCUT2D eigenvalue weighted by Crippen LogP contribution is 2.12. The Morgan fingerprint density at radius 2 is 1.41 bits per heavy atom. The molecular formula is C25H39N5O8S. The molecule has 39 heavy (non-hydrogen) atoms. The minimum Gasteiger partial charge on any atom is -0.508 e. The van der Waals surface area contributed by atoms with Crippen LogP contribution in [0.5, 0.6) is 5.75 Å². The number of carbonyl (C=O) groups excluding carboxylic acids is 3. The van der Waals surface area contributed by atoms with Gasteiger partial charge in [-0.05, 0) is 68.4 Å². The molecule has 13 nitrogen and oxygen atoms in total. The van der Waals surface area contributed by atoms with Crippen LogP contribution in [0.25, 0.3) is 0 Å². The number of thioether (sulfide) groups is 1. The van der Waals surface area contributed by atoms with Crippen LogP contribution >= 0.6 is 11.8 Å². The van der Waals surface area contributed by atoms with E-state index in [9.17, 15) is 34.2 Å². The van der Waals surface area contributed by atoms with Crippen LogP contribution in [-0.2, 0) is 30.4 Å². The molecule has 1 aromatic carbocycles. The zero-order valence-electron chi connectivity index (χ0n) is 21.9. The van der Waals surface area contributed by atoms with Crippen LogP contribution < -0.4 is 27.4 Å². The first-order chi connectivity index (χ1) is 18.5. The number of nitrogens with two attached hydrogens (primary N) is 2. The highest BCUT2D eigenvalue weighted by atomic mass is 32.2. The molecule has 0 bridgehead atoms. The lowest BCUT2D eigenvalue weighted by Crippen LogP contribution is -2.57. The summed E-state index contributed by atoms with van der Waals surface area (Å²) in [5.74, 6) is -4.08. The summed E-state index contributed by atoms with van der Waals surface area (Å²) in [5.41, 5.74) is 12.0. The number of aliphatic carboxylic acids is 2. The first-order valence-electron chi connectivity index (χ1n) is 12.6. The SMILES string of the molecule is CSCCC(N)C(=O)NC(CCCCN)C(=O)NC(CCC(=O)O)C(=O)NC(Cc1ccc(O)cc1)C(=O)O. The molecule has 0 heterocycles. The van der Waals surface area contributed by atoms with Crippen molar-refractivity contribution in [2.75, 3.05) is 18.6 Å². The Bertz CT molecular complexity index is 962. The number of aromatic hydroxyl groups is 1. The Balaban J connectivity index is 3.03. The molecule has 0 aliphatic heterocycles. The average Bonchev–Trinajstić information content (AvgIpc) is 2.89. The maximum atomic E-state index is 13.1. The third-order valence-electron chi connectivity index (χ3n) is 5.82. The van der Waals surface area contributed by atoms with Crippen LogP contribution in [0.3, 0.4) is 0 Å². The predicted molar refractivity (Wildman–Crippen MR) is 146 cm³/mol. The molecule has 3 amide bonds. The second kappa shape index (κ2) is 18.0. The molecule has 218 valence electrons. The van der Waals surface area contributed by atoms with Crippen molar-refractivity contribution >= 4 is 41.4 Å². The highest BCUT2D eigenvalue weighted by Gasteiger charge is 2.30. The predicted octanol–water partition coefficient (Wildman–Crippen LogP) is -0.452. The van der Waals surface area contributed by atoms with E-state index in [-0.39, 0.29) is 25.0 Å². The standard InChI is InChI=1S/C25H39N5O8S/c1-39-13-11-17(27)22(34)28-18(4-2-3-12-26)23(35)29-19(9-10-21(32)33)24(36)30-20(25(37)38)14-15-5-7-16(31)8-6-15/h5-8,17-20,31H,2-4,9-14,26-27H2,1H3,(H,28,34)(H,29,35)(H,30,36)(H,32,33)(H,37,38). The number of carboxylic acid groups (broad SMARTS) is 2. The molecule has 0 aromatic heterocycles. The van der Waals surface area contributed by atoms with Crippen LogP contribution in [0.2, 0.25) is 0 Å². The lowest BCUT2D eigenvalue weighted by Gasteiger charge is -2.25. The first-order valence-corrected chi connectivity index (χ1v) is 14.0. The monoisotopic (exact) mass is 569 g/mol. The summed E-state index contributed by atoms with van der Waals surface area (Å²) < 4.78 is 0. The van der Waals surface area contributed by atoms with E-state index in [4.69, 9.17) is 16.6 Å². The van der Waals surface area contributed by atoms with Crippen LogP contribution in [0, 0.1) is 0 Å². The fourth-order valence-corrected chi connectivity index (χ4v) is 4.05. The number of benzene rings is 1. The molecule has 10 N–H and O–H groups in total. The van der Waals surface area contributed by atoms with Gasteiger partial charge < -0.3 is 42.7 Å². The maximum Gasteiger partial charge on any atom is 0.326 e. The van der Waals surface area contributed by atoms with E-state index in [0.717, 1.165) is 0 Å². The number of hydrogen-bond donors (Lipinski definition) is 8. The van der Waals surface area contributed by atoms with Crippen molar-refractivity contribution in [3.8, 4) is 5.75 Å². The van der Waals surface area contributed by atoms with Gasteiger partial charge in [-0.25, -0.2) is 4.79 Å². The van der Waals surface area contributed by atoms with Crippen LogP contribution in [-0.4, -0.2) is 87.7 Å². The summed E-state index contributed by atoms with van der Waals surface area (Å²) >= 11 is 1.52. The Hall–Kier alpha value is -3.36. The van der Waals surface area contributed by atoms with Gasteiger partial charge in [0.2, 0.25) is 17.7 Å². The van der Waals surface area contributed by atoms with E-state index in [0.29, 0.717) is 37.1 Å². The highest BCUT2D eigenvalue weighted by molar-refractivity contribution is 7.98. The summed E-state index contributed by atoms with van der Waals surface area (Å²) in [7, 11) is 0. The molecular weight excluding hydrogens is 530 g/mol. The number of carboxylic acids is 2. The number of carbonyl (C=O) groups is 5. The molecule has 0 aliphatic rings. The number of phenols is 1. The summed E-state index contributed by atoms with van der Waals surface area (Å²) in [6.45, 7) is 0.372. The fraction of sp³-hybridized carbons (Fsp3) is 0.560. The van der Waals surface area contributed by atoms with Gasteiger partial charge in [0.25, 0.3) is 0 Å². The zero-order chi connectivity index (χ0) is 29.4.